The fraction of sp³-hybridized carbons (Fsp3) is 0. The van der Waals surface area contributed by atoms with Crippen LogP contribution in [0.5, 0.6) is 0 Å². The van der Waals surface area contributed by atoms with E-state index in [-0.39, 0.29) is 5.52 Å². The van der Waals surface area contributed by atoms with E-state index < -0.39 is 11.4 Å². The van der Waals surface area contributed by atoms with Gasteiger partial charge < -0.3 is 4.98 Å². The molecular weight excluding hydrogens is 149 g/mol. The van der Waals surface area contributed by atoms with Gasteiger partial charge >= 0.3 is 0 Å². The molecule has 5 heteroatoms. The molecule has 0 amide bonds. The van der Waals surface area contributed by atoms with Crippen LogP contribution in [-0.4, -0.2) is 14.6 Å². The van der Waals surface area contributed by atoms with Crippen LogP contribution in [0.2, 0.25) is 0 Å². The van der Waals surface area contributed by atoms with Gasteiger partial charge in [0, 0.05) is 12.4 Å². The van der Waals surface area contributed by atoms with Crippen molar-refractivity contribution in [3.8, 4) is 0 Å². The SMILES string of the molecule is O=c1[nH]ccn2ncc(F)c12. The van der Waals surface area contributed by atoms with Gasteiger partial charge in [-0.2, -0.15) is 5.10 Å². The Labute approximate surface area is 60.3 Å². The number of H-pyrrole nitrogens is 1. The zero-order valence-electron chi connectivity index (χ0n) is 5.41. The first-order chi connectivity index (χ1) is 5.29. The van der Waals surface area contributed by atoms with E-state index >= 15 is 0 Å². The average Bonchev–Trinajstić information content (AvgIpc) is 2.34. The summed E-state index contributed by atoms with van der Waals surface area (Å²) in [6.45, 7) is 0. The molecule has 0 unspecified atom stereocenters. The van der Waals surface area contributed by atoms with Crippen molar-refractivity contribution in [3.63, 3.8) is 0 Å². The van der Waals surface area contributed by atoms with Gasteiger partial charge in [0.15, 0.2) is 11.3 Å². The third-order valence-electron chi connectivity index (χ3n) is 1.40. The summed E-state index contributed by atoms with van der Waals surface area (Å²) in [4.78, 5) is 13.2. The molecule has 1 N–H and O–H groups in total. The highest BCUT2D eigenvalue weighted by atomic mass is 19.1. The molecule has 0 spiro atoms. The summed E-state index contributed by atoms with van der Waals surface area (Å²) in [5, 5.41) is 3.60. The fourth-order valence-electron chi connectivity index (χ4n) is 0.919. The van der Waals surface area contributed by atoms with Gasteiger partial charge in [0.1, 0.15) is 0 Å². The first kappa shape index (κ1) is 6.09. The first-order valence-electron chi connectivity index (χ1n) is 2.99. The number of hydrogen-bond acceptors (Lipinski definition) is 2. The molecule has 0 aromatic carbocycles. The molecular formula is C6H4FN3O. The van der Waals surface area contributed by atoms with Gasteiger partial charge in [0.25, 0.3) is 5.56 Å². The Morgan fingerprint density at radius 1 is 1.64 bits per heavy atom. The van der Waals surface area contributed by atoms with Crippen molar-refractivity contribution in [2.24, 2.45) is 0 Å². The van der Waals surface area contributed by atoms with E-state index in [1.807, 2.05) is 0 Å². The molecule has 2 rings (SSSR count). The molecule has 0 aliphatic carbocycles. The quantitative estimate of drug-likeness (QED) is 0.586. The number of aromatic nitrogens is 3. The fourth-order valence-corrected chi connectivity index (χ4v) is 0.919. The normalized spacial score (nSPS) is 10.6. The number of fused-ring (bicyclic) bond motifs is 1. The Morgan fingerprint density at radius 3 is 3.18 bits per heavy atom. The van der Waals surface area contributed by atoms with E-state index in [0.717, 1.165) is 6.20 Å². The molecule has 0 saturated carbocycles. The van der Waals surface area contributed by atoms with E-state index in [1.54, 1.807) is 0 Å². The Morgan fingerprint density at radius 2 is 2.45 bits per heavy atom. The molecule has 0 bridgehead atoms. The minimum Gasteiger partial charge on any atom is -0.326 e. The van der Waals surface area contributed by atoms with Gasteiger partial charge in [-0.15, -0.1) is 0 Å². The standard InChI is InChI=1S/C6H4FN3O/c7-4-3-9-10-2-1-8-6(11)5(4)10/h1-3H,(H,8,11). The molecule has 2 aromatic heterocycles. The minimum absolute atomic E-state index is 0.0486. The van der Waals surface area contributed by atoms with Crippen molar-refractivity contribution >= 4 is 5.52 Å². The highest BCUT2D eigenvalue weighted by molar-refractivity contribution is 5.43. The Balaban J connectivity index is 3.08. The van der Waals surface area contributed by atoms with E-state index in [4.69, 9.17) is 0 Å². The van der Waals surface area contributed by atoms with Gasteiger partial charge in [-0.3, -0.25) is 4.79 Å². The summed E-state index contributed by atoms with van der Waals surface area (Å²) in [7, 11) is 0. The molecule has 2 aromatic rings. The Bertz CT molecular complexity index is 444. The predicted octanol–water partition coefficient (Wildman–Crippen LogP) is 0.162. The average molecular weight is 153 g/mol. The molecule has 0 atom stereocenters. The van der Waals surface area contributed by atoms with Crippen LogP contribution in [-0.2, 0) is 0 Å². The largest absolute Gasteiger partial charge is 0.326 e. The number of nitrogens with zero attached hydrogens (tertiary/aromatic N) is 2. The van der Waals surface area contributed by atoms with Crippen molar-refractivity contribution < 1.29 is 4.39 Å². The van der Waals surface area contributed by atoms with E-state index in [0.29, 0.717) is 0 Å². The van der Waals surface area contributed by atoms with Gasteiger partial charge in [-0.25, -0.2) is 8.91 Å². The molecule has 0 saturated heterocycles. The second kappa shape index (κ2) is 1.91. The highest BCUT2D eigenvalue weighted by Gasteiger charge is 2.04. The topological polar surface area (TPSA) is 50.2 Å². The lowest BCUT2D eigenvalue weighted by molar-refractivity contribution is 0.637. The van der Waals surface area contributed by atoms with Crippen LogP contribution in [0, 0.1) is 5.82 Å². The molecule has 0 radical (unpaired) electrons. The van der Waals surface area contributed by atoms with E-state index in [9.17, 15) is 9.18 Å². The molecule has 0 aliphatic rings. The van der Waals surface area contributed by atoms with Gasteiger partial charge in [-0.05, 0) is 0 Å². The van der Waals surface area contributed by atoms with Crippen molar-refractivity contribution in [1.82, 2.24) is 14.6 Å². The summed E-state index contributed by atoms with van der Waals surface area (Å²) in [6.07, 6.45) is 3.88. The van der Waals surface area contributed by atoms with Crippen LogP contribution in [0.1, 0.15) is 0 Å². The van der Waals surface area contributed by atoms with Crippen LogP contribution in [0.25, 0.3) is 5.52 Å². The lowest BCUT2D eigenvalue weighted by Gasteiger charge is -1.87. The lowest BCUT2D eigenvalue weighted by Crippen LogP contribution is -2.08. The summed E-state index contributed by atoms with van der Waals surface area (Å²) in [5.41, 5.74) is -0.519. The highest BCUT2D eigenvalue weighted by Crippen LogP contribution is 1.99. The number of hydrogen-bond donors (Lipinski definition) is 1. The smallest absolute Gasteiger partial charge is 0.277 e. The van der Waals surface area contributed by atoms with Gasteiger partial charge in [0.2, 0.25) is 0 Å². The van der Waals surface area contributed by atoms with Crippen LogP contribution >= 0.6 is 0 Å². The van der Waals surface area contributed by atoms with E-state index in [1.165, 1.54) is 16.9 Å². The molecule has 11 heavy (non-hydrogen) atoms. The maximum atomic E-state index is 12.7. The molecule has 4 nitrogen and oxygen atoms in total. The summed E-state index contributed by atoms with van der Waals surface area (Å²) in [6, 6.07) is 0. The predicted molar refractivity (Wildman–Crippen MR) is 35.8 cm³/mol. The molecule has 2 heterocycles. The lowest BCUT2D eigenvalue weighted by atomic mass is 10.5. The van der Waals surface area contributed by atoms with Crippen molar-refractivity contribution in [2.45, 2.75) is 0 Å². The van der Waals surface area contributed by atoms with Crippen molar-refractivity contribution in [1.29, 1.82) is 0 Å². The zero-order chi connectivity index (χ0) is 7.84. The Hall–Kier alpha value is -1.65. The summed E-state index contributed by atoms with van der Waals surface area (Å²) < 4.78 is 13.9. The van der Waals surface area contributed by atoms with E-state index in [2.05, 4.69) is 10.1 Å². The van der Waals surface area contributed by atoms with Crippen LogP contribution in [0.4, 0.5) is 4.39 Å². The minimum atomic E-state index is -0.605. The molecule has 56 valence electrons. The second-order valence-electron chi connectivity index (χ2n) is 2.07. The van der Waals surface area contributed by atoms with Crippen LogP contribution in [0.3, 0.4) is 0 Å². The third-order valence-corrected chi connectivity index (χ3v) is 1.40. The monoisotopic (exact) mass is 153 g/mol. The third kappa shape index (κ3) is 0.739. The maximum absolute atomic E-state index is 12.7. The first-order valence-corrected chi connectivity index (χ1v) is 2.99. The summed E-state index contributed by atoms with van der Waals surface area (Å²) in [5.74, 6) is -0.605. The summed E-state index contributed by atoms with van der Waals surface area (Å²) >= 11 is 0. The second-order valence-corrected chi connectivity index (χ2v) is 2.07. The number of rotatable bonds is 0. The Kier molecular flexibility index (Phi) is 1.06. The van der Waals surface area contributed by atoms with Crippen molar-refractivity contribution in [3.05, 3.63) is 34.8 Å². The zero-order valence-corrected chi connectivity index (χ0v) is 5.41. The number of halogens is 1. The van der Waals surface area contributed by atoms with Gasteiger partial charge in [0.05, 0.1) is 6.20 Å². The van der Waals surface area contributed by atoms with Crippen LogP contribution in [0.15, 0.2) is 23.4 Å². The van der Waals surface area contributed by atoms with Crippen molar-refractivity contribution in [2.75, 3.05) is 0 Å². The molecule has 0 fully saturated rings. The maximum Gasteiger partial charge on any atom is 0.277 e. The van der Waals surface area contributed by atoms with Gasteiger partial charge in [-0.1, -0.05) is 0 Å². The van der Waals surface area contributed by atoms with Crippen LogP contribution < -0.4 is 5.56 Å². The number of aromatic amines is 1. The molecule has 0 aliphatic heterocycles. The number of nitrogens with one attached hydrogen (secondary N) is 1.